The number of rotatable bonds is 7. The third-order valence-electron chi connectivity index (χ3n) is 3.93. The molecule has 0 saturated heterocycles. The molecule has 0 radical (unpaired) electrons. The Hall–Kier alpha value is -3.48. The molecule has 0 aliphatic rings. The van der Waals surface area contributed by atoms with Gasteiger partial charge in [0.2, 0.25) is 11.8 Å². The first-order valence-electron chi connectivity index (χ1n) is 8.46. The van der Waals surface area contributed by atoms with Gasteiger partial charge in [0.05, 0.1) is 11.5 Å². The van der Waals surface area contributed by atoms with Crippen molar-refractivity contribution in [1.29, 1.82) is 0 Å². The first-order chi connectivity index (χ1) is 12.9. The minimum Gasteiger partial charge on any atom is -0.333 e. The van der Waals surface area contributed by atoms with Gasteiger partial charge in [-0.1, -0.05) is 37.3 Å². The summed E-state index contributed by atoms with van der Waals surface area (Å²) in [6.45, 7) is 1.90. The number of benzene rings is 2. The van der Waals surface area contributed by atoms with Gasteiger partial charge in [0.1, 0.15) is 0 Å². The van der Waals surface area contributed by atoms with Crippen LogP contribution in [0.3, 0.4) is 0 Å². The van der Waals surface area contributed by atoms with Gasteiger partial charge in [-0.15, -0.1) is 0 Å². The quantitative estimate of drug-likeness (QED) is 0.462. The zero-order chi connectivity index (χ0) is 19.8. The second-order valence-corrected chi connectivity index (χ2v) is 5.94. The van der Waals surface area contributed by atoms with E-state index in [1.54, 1.807) is 12.1 Å². The lowest BCUT2D eigenvalue weighted by atomic mass is 10.1. The fourth-order valence-corrected chi connectivity index (χ4v) is 2.47. The minimum atomic E-state index is -0.496. The lowest BCUT2D eigenvalue weighted by molar-refractivity contribution is -0.384. The van der Waals surface area contributed by atoms with Crippen LogP contribution in [0.2, 0.25) is 0 Å². The molecule has 0 spiro atoms. The van der Waals surface area contributed by atoms with E-state index >= 15 is 0 Å². The Kier molecular flexibility index (Phi) is 6.82. The summed E-state index contributed by atoms with van der Waals surface area (Å²) in [4.78, 5) is 35.9. The summed E-state index contributed by atoms with van der Waals surface area (Å²) < 4.78 is 0. The van der Waals surface area contributed by atoms with Gasteiger partial charge in [0.25, 0.3) is 5.69 Å². The molecule has 0 aliphatic heterocycles. The van der Waals surface area contributed by atoms with E-state index in [4.69, 9.17) is 0 Å². The summed E-state index contributed by atoms with van der Waals surface area (Å²) in [5, 5.41) is 13.6. The van der Waals surface area contributed by atoms with Crippen molar-refractivity contribution >= 4 is 29.3 Å². The fourth-order valence-electron chi connectivity index (χ4n) is 2.47. The third kappa shape index (κ3) is 5.78. The predicted molar refractivity (Wildman–Crippen MR) is 104 cm³/mol. The molecule has 7 heteroatoms. The second kappa shape index (κ2) is 9.28. The number of nitro groups is 1. The molecule has 27 heavy (non-hydrogen) atoms. The maximum atomic E-state index is 12.2. The molecule has 0 bridgehead atoms. The summed E-state index contributed by atoms with van der Waals surface area (Å²) in [7, 11) is 1.52. The van der Waals surface area contributed by atoms with Crippen LogP contribution >= 0.6 is 0 Å². The number of hydrogen-bond donors (Lipinski definition) is 1. The summed E-state index contributed by atoms with van der Waals surface area (Å²) >= 11 is 0. The van der Waals surface area contributed by atoms with Crippen molar-refractivity contribution in [1.82, 2.24) is 4.90 Å². The number of non-ortho nitro benzene ring substituents is 1. The summed E-state index contributed by atoms with van der Waals surface area (Å²) in [6.07, 6.45) is 3.56. The smallest absolute Gasteiger partial charge is 0.270 e. The van der Waals surface area contributed by atoms with Crippen molar-refractivity contribution in [2.45, 2.75) is 13.3 Å². The molecule has 0 heterocycles. The van der Waals surface area contributed by atoms with Gasteiger partial charge in [-0.3, -0.25) is 19.7 Å². The molecule has 0 atom stereocenters. The predicted octanol–water partition coefficient (Wildman–Crippen LogP) is 3.27. The number of likely N-dealkylation sites (N-methyl/N-ethyl adjacent to an activating group) is 1. The van der Waals surface area contributed by atoms with Crippen LogP contribution < -0.4 is 5.32 Å². The Balaban J connectivity index is 1.95. The number of aryl methyl sites for hydroxylation is 1. The van der Waals surface area contributed by atoms with Gasteiger partial charge in [-0.25, -0.2) is 0 Å². The molecule has 7 nitrogen and oxygen atoms in total. The monoisotopic (exact) mass is 367 g/mol. The SMILES string of the molecule is CCc1ccccc1NC(=O)CN(C)C(=O)/C=C/c1cccc([N+](=O)[O-])c1. The number of hydrogen-bond acceptors (Lipinski definition) is 4. The lowest BCUT2D eigenvalue weighted by Crippen LogP contribution is -2.34. The molecule has 0 saturated carbocycles. The van der Waals surface area contributed by atoms with E-state index in [1.807, 2.05) is 31.2 Å². The third-order valence-corrected chi connectivity index (χ3v) is 3.93. The van der Waals surface area contributed by atoms with Crippen LogP contribution in [0.25, 0.3) is 6.08 Å². The molecule has 0 fully saturated rings. The highest BCUT2D eigenvalue weighted by Gasteiger charge is 2.12. The van der Waals surface area contributed by atoms with Crippen LogP contribution in [-0.4, -0.2) is 35.2 Å². The Morgan fingerprint density at radius 2 is 1.93 bits per heavy atom. The normalized spacial score (nSPS) is 10.6. The number of nitrogens with zero attached hydrogens (tertiary/aromatic N) is 2. The van der Waals surface area contributed by atoms with E-state index in [9.17, 15) is 19.7 Å². The lowest BCUT2D eigenvalue weighted by Gasteiger charge is -2.16. The number of nitrogens with one attached hydrogen (secondary N) is 1. The topological polar surface area (TPSA) is 92.6 Å². The van der Waals surface area contributed by atoms with E-state index in [2.05, 4.69) is 5.32 Å². The average Bonchev–Trinajstić information content (AvgIpc) is 2.66. The molecule has 1 N–H and O–H groups in total. The molecule has 2 aromatic rings. The molecular weight excluding hydrogens is 346 g/mol. The minimum absolute atomic E-state index is 0.0491. The molecule has 140 valence electrons. The van der Waals surface area contributed by atoms with Crippen LogP contribution in [0.1, 0.15) is 18.1 Å². The van der Waals surface area contributed by atoms with Gasteiger partial charge in [-0.2, -0.15) is 0 Å². The Labute approximate surface area is 157 Å². The first kappa shape index (κ1) is 19.8. The van der Waals surface area contributed by atoms with Crippen LogP contribution in [-0.2, 0) is 16.0 Å². The zero-order valence-corrected chi connectivity index (χ0v) is 15.2. The largest absolute Gasteiger partial charge is 0.333 e. The van der Waals surface area contributed by atoms with E-state index in [-0.39, 0.29) is 24.0 Å². The maximum Gasteiger partial charge on any atom is 0.270 e. The zero-order valence-electron chi connectivity index (χ0n) is 15.2. The van der Waals surface area contributed by atoms with E-state index in [0.717, 1.165) is 17.7 Å². The molecule has 2 rings (SSSR count). The molecule has 2 aromatic carbocycles. The Morgan fingerprint density at radius 3 is 2.63 bits per heavy atom. The first-order valence-corrected chi connectivity index (χ1v) is 8.46. The molecule has 0 aliphatic carbocycles. The van der Waals surface area contributed by atoms with Crippen LogP contribution in [0.15, 0.2) is 54.6 Å². The number of anilines is 1. The molecule has 0 aromatic heterocycles. The number of para-hydroxylation sites is 1. The standard InChI is InChI=1S/C20H21N3O4/c1-3-16-8-4-5-10-18(16)21-19(24)14-22(2)20(25)12-11-15-7-6-9-17(13-15)23(26)27/h4-13H,3,14H2,1-2H3,(H,21,24)/b12-11+. The van der Waals surface area contributed by atoms with Crippen molar-refractivity contribution in [3.8, 4) is 0 Å². The van der Waals surface area contributed by atoms with Gasteiger partial charge in [-0.05, 0) is 29.7 Å². The average molecular weight is 367 g/mol. The Bertz CT molecular complexity index is 877. The highest BCUT2D eigenvalue weighted by molar-refractivity contribution is 5.98. The van der Waals surface area contributed by atoms with Gasteiger partial charge >= 0.3 is 0 Å². The number of nitro benzene ring substituents is 1. The summed E-state index contributed by atoms with van der Waals surface area (Å²) in [6, 6.07) is 13.5. The molecule has 2 amide bonds. The van der Waals surface area contributed by atoms with Gasteiger partial charge in [0, 0.05) is 30.9 Å². The number of amides is 2. The summed E-state index contributed by atoms with van der Waals surface area (Å²) in [5.74, 6) is -0.670. The number of carbonyl (C=O) groups excluding carboxylic acids is 2. The van der Waals surface area contributed by atoms with E-state index in [0.29, 0.717) is 5.56 Å². The molecular formula is C20H21N3O4. The van der Waals surface area contributed by atoms with Crippen LogP contribution in [0, 0.1) is 10.1 Å². The van der Waals surface area contributed by atoms with E-state index in [1.165, 1.54) is 36.2 Å². The molecule has 0 unspecified atom stereocenters. The Morgan fingerprint density at radius 1 is 1.19 bits per heavy atom. The highest BCUT2D eigenvalue weighted by atomic mass is 16.6. The highest BCUT2D eigenvalue weighted by Crippen LogP contribution is 2.16. The van der Waals surface area contributed by atoms with Gasteiger partial charge < -0.3 is 10.2 Å². The van der Waals surface area contributed by atoms with E-state index < -0.39 is 4.92 Å². The van der Waals surface area contributed by atoms with Crippen LogP contribution in [0.5, 0.6) is 0 Å². The van der Waals surface area contributed by atoms with Crippen LogP contribution in [0.4, 0.5) is 11.4 Å². The second-order valence-electron chi connectivity index (χ2n) is 5.94. The van der Waals surface area contributed by atoms with Crippen molar-refractivity contribution in [2.75, 3.05) is 18.9 Å². The number of carbonyl (C=O) groups is 2. The maximum absolute atomic E-state index is 12.2. The van der Waals surface area contributed by atoms with Crippen molar-refractivity contribution in [3.63, 3.8) is 0 Å². The van der Waals surface area contributed by atoms with Crippen molar-refractivity contribution in [2.24, 2.45) is 0 Å². The fraction of sp³-hybridized carbons (Fsp3) is 0.200. The van der Waals surface area contributed by atoms with Gasteiger partial charge in [0.15, 0.2) is 0 Å². The van der Waals surface area contributed by atoms with Crippen molar-refractivity contribution < 1.29 is 14.5 Å². The summed E-state index contributed by atoms with van der Waals surface area (Å²) in [5.41, 5.74) is 2.24. The van der Waals surface area contributed by atoms with Crippen molar-refractivity contribution in [3.05, 3.63) is 75.8 Å².